The van der Waals surface area contributed by atoms with Crippen molar-refractivity contribution in [3.8, 4) is 11.5 Å². The molecule has 1 unspecified atom stereocenters. The van der Waals surface area contributed by atoms with Crippen molar-refractivity contribution in [1.82, 2.24) is 5.32 Å². The minimum atomic E-state index is -0.882. The lowest BCUT2D eigenvalue weighted by molar-refractivity contribution is -0.151. The molecule has 5 nitrogen and oxygen atoms in total. The number of esters is 1. The van der Waals surface area contributed by atoms with Gasteiger partial charge in [-0.25, -0.2) is 4.79 Å². The maximum atomic E-state index is 12.2. The lowest BCUT2D eigenvalue weighted by Crippen LogP contribution is -2.55. The molecule has 1 aromatic rings. The Hall–Kier alpha value is -1.75. The molecule has 0 heterocycles. The third-order valence-corrected chi connectivity index (χ3v) is 3.08. The standard InChI is InChI=1S/C16H25NO4/c1-5-11-17-16(3,15(18)20-6-2)12-21-14-10-8-7-9-13(14)19-4/h7-10,17H,5-6,11-12H2,1-4H3. The normalized spacial score (nSPS) is 13.3. The molecular weight excluding hydrogens is 270 g/mol. The van der Waals surface area contributed by atoms with Gasteiger partial charge >= 0.3 is 5.97 Å². The summed E-state index contributed by atoms with van der Waals surface area (Å²) in [6.45, 7) is 6.85. The van der Waals surface area contributed by atoms with Gasteiger partial charge in [-0.1, -0.05) is 19.1 Å². The quantitative estimate of drug-likeness (QED) is 0.709. The minimum Gasteiger partial charge on any atom is -0.493 e. The topological polar surface area (TPSA) is 56.8 Å². The molecule has 1 N–H and O–H groups in total. The van der Waals surface area contributed by atoms with Gasteiger partial charge in [0.15, 0.2) is 11.5 Å². The third-order valence-electron chi connectivity index (χ3n) is 3.08. The summed E-state index contributed by atoms with van der Waals surface area (Å²) in [5.74, 6) is 0.932. The van der Waals surface area contributed by atoms with E-state index in [-0.39, 0.29) is 12.6 Å². The van der Waals surface area contributed by atoms with Gasteiger partial charge in [0.1, 0.15) is 12.1 Å². The van der Waals surface area contributed by atoms with Gasteiger partial charge < -0.3 is 14.2 Å². The van der Waals surface area contributed by atoms with Crippen LogP contribution in [0.2, 0.25) is 0 Å². The molecule has 5 heteroatoms. The molecule has 1 aromatic carbocycles. The Morgan fingerprint density at radius 1 is 1.24 bits per heavy atom. The lowest BCUT2D eigenvalue weighted by atomic mass is 10.0. The first-order chi connectivity index (χ1) is 10.1. The Morgan fingerprint density at radius 2 is 1.90 bits per heavy atom. The van der Waals surface area contributed by atoms with Gasteiger partial charge in [-0.05, 0) is 38.9 Å². The van der Waals surface area contributed by atoms with Crippen molar-refractivity contribution in [2.75, 3.05) is 26.9 Å². The molecule has 0 aromatic heterocycles. The van der Waals surface area contributed by atoms with Crippen molar-refractivity contribution in [1.29, 1.82) is 0 Å². The van der Waals surface area contributed by atoms with E-state index in [1.165, 1.54) is 0 Å². The third kappa shape index (κ3) is 4.93. The van der Waals surface area contributed by atoms with Crippen LogP contribution in [0.25, 0.3) is 0 Å². The fourth-order valence-electron chi connectivity index (χ4n) is 1.83. The van der Waals surface area contributed by atoms with Crippen LogP contribution < -0.4 is 14.8 Å². The van der Waals surface area contributed by atoms with E-state index in [1.807, 2.05) is 31.2 Å². The summed E-state index contributed by atoms with van der Waals surface area (Å²) >= 11 is 0. The van der Waals surface area contributed by atoms with Crippen LogP contribution in [-0.4, -0.2) is 38.4 Å². The molecule has 0 bridgehead atoms. The predicted octanol–water partition coefficient (Wildman–Crippen LogP) is 2.40. The number of ether oxygens (including phenoxy) is 3. The Labute approximate surface area is 126 Å². The Morgan fingerprint density at radius 3 is 2.48 bits per heavy atom. The van der Waals surface area contributed by atoms with Crippen molar-refractivity contribution < 1.29 is 19.0 Å². The first-order valence-corrected chi connectivity index (χ1v) is 7.25. The molecule has 1 atom stereocenters. The molecule has 0 aliphatic carbocycles. The number of hydrogen-bond acceptors (Lipinski definition) is 5. The highest BCUT2D eigenvalue weighted by Gasteiger charge is 2.35. The smallest absolute Gasteiger partial charge is 0.329 e. The van der Waals surface area contributed by atoms with Crippen LogP contribution in [0.1, 0.15) is 27.2 Å². The van der Waals surface area contributed by atoms with Crippen molar-refractivity contribution in [3.63, 3.8) is 0 Å². The zero-order chi connectivity index (χ0) is 15.7. The average Bonchev–Trinajstić information content (AvgIpc) is 2.51. The Kier molecular flexibility index (Phi) is 7.02. The van der Waals surface area contributed by atoms with E-state index in [9.17, 15) is 4.79 Å². The van der Waals surface area contributed by atoms with Gasteiger partial charge in [-0.2, -0.15) is 0 Å². The number of carbonyl (C=O) groups is 1. The number of para-hydroxylation sites is 2. The largest absolute Gasteiger partial charge is 0.493 e. The Balaban J connectivity index is 2.79. The molecule has 0 amide bonds. The van der Waals surface area contributed by atoms with Gasteiger partial charge in [0.05, 0.1) is 13.7 Å². The van der Waals surface area contributed by atoms with Crippen LogP contribution in [0, 0.1) is 0 Å². The lowest BCUT2D eigenvalue weighted by Gasteiger charge is -2.28. The van der Waals surface area contributed by atoms with Crippen LogP contribution in [-0.2, 0) is 9.53 Å². The highest BCUT2D eigenvalue weighted by molar-refractivity contribution is 5.80. The monoisotopic (exact) mass is 295 g/mol. The van der Waals surface area contributed by atoms with Crippen LogP contribution >= 0.6 is 0 Å². The van der Waals surface area contributed by atoms with Gasteiger partial charge in [-0.3, -0.25) is 5.32 Å². The number of methoxy groups -OCH3 is 1. The van der Waals surface area contributed by atoms with Crippen molar-refractivity contribution in [2.45, 2.75) is 32.7 Å². The molecule has 0 aliphatic heterocycles. The van der Waals surface area contributed by atoms with E-state index in [4.69, 9.17) is 14.2 Å². The zero-order valence-corrected chi connectivity index (χ0v) is 13.3. The number of nitrogens with one attached hydrogen (secondary N) is 1. The molecule has 0 saturated heterocycles. The van der Waals surface area contributed by atoms with Gasteiger partial charge in [0, 0.05) is 0 Å². The summed E-state index contributed by atoms with van der Waals surface area (Å²) in [6, 6.07) is 7.35. The fourth-order valence-corrected chi connectivity index (χ4v) is 1.83. The first kappa shape index (κ1) is 17.3. The fraction of sp³-hybridized carbons (Fsp3) is 0.562. The van der Waals surface area contributed by atoms with Crippen LogP contribution in [0.4, 0.5) is 0 Å². The molecule has 0 fully saturated rings. The second-order valence-corrected chi connectivity index (χ2v) is 4.92. The summed E-state index contributed by atoms with van der Waals surface area (Å²) in [5, 5.41) is 3.20. The predicted molar refractivity (Wildman–Crippen MR) is 81.8 cm³/mol. The SMILES string of the molecule is CCCNC(C)(COc1ccccc1OC)C(=O)OCC. The summed E-state index contributed by atoms with van der Waals surface area (Å²) in [6.07, 6.45) is 0.920. The van der Waals surface area contributed by atoms with Crippen LogP contribution in [0.3, 0.4) is 0 Å². The molecule has 0 spiro atoms. The number of benzene rings is 1. The summed E-state index contributed by atoms with van der Waals surface area (Å²) in [4.78, 5) is 12.2. The summed E-state index contributed by atoms with van der Waals surface area (Å²) in [5.41, 5.74) is -0.882. The highest BCUT2D eigenvalue weighted by atomic mass is 16.5. The van der Waals surface area contributed by atoms with Crippen molar-refractivity contribution >= 4 is 5.97 Å². The van der Waals surface area contributed by atoms with Gasteiger partial charge in [0.2, 0.25) is 0 Å². The number of rotatable bonds is 9. The van der Waals surface area contributed by atoms with Crippen LogP contribution in [0.15, 0.2) is 24.3 Å². The molecule has 118 valence electrons. The minimum absolute atomic E-state index is 0.173. The molecule has 0 radical (unpaired) electrons. The molecular formula is C16H25NO4. The van der Waals surface area contributed by atoms with E-state index < -0.39 is 5.54 Å². The first-order valence-electron chi connectivity index (χ1n) is 7.25. The average molecular weight is 295 g/mol. The summed E-state index contributed by atoms with van der Waals surface area (Å²) in [7, 11) is 1.59. The maximum Gasteiger partial charge on any atom is 0.329 e. The zero-order valence-electron chi connectivity index (χ0n) is 13.3. The maximum absolute atomic E-state index is 12.2. The molecule has 21 heavy (non-hydrogen) atoms. The van der Waals surface area contributed by atoms with Crippen molar-refractivity contribution in [2.24, 2.45) is 0 Å². The van der Waals surface area contributed by atoms with Crippen molar-refractivity contribution in [3.05, 3.63) is 24.3 Å². The van der Waals surface area contributed by atoms with Gasteiger partial charge in [-0.15, -0.1) is 0 Å². The second kappa shape index (κ2) is 8.52. The second-order valence-electron chi connectivity index (χ2n) is 4.92. The van der Waals surface area contributed by atoms with E-state index in [0.717, 1.165) is 6.42 Å². The van der Waals surface area contributed by atoms with E-state index in [0.29, 0.717) is 24.7 Å². The number of carbonyl (C=O) groups excluding carboxylic acids is 1. The number of hydrogen-bond donors (Lipinski definition) is 1. The van der Waals surface area contributed by atoms with Crippen LogP contribution in [0.5, 0.6) is 11.5 Å². The molecule has 0 aliphatic rings. The highest BCUT2D eigenvalue weighted by Crippen LogP contribution is 2.26. The van der Waals surface area contributed by atoms with E-state index >= 15 is 0 Å². The molecule has 1 rings (SSSR count). The van der Waals surface area contributed by atoms with E-state index in [1.54, 1.807) is 21.0 Å². The summed E-state index contributed by atoms with van der Waals surface area (Å²) < 4.78 is 16.1. The molecule has 0 saturated carbocycles. The van der Waals surface area contributed by atoms with Gasteiger partial charge in [0.25, 0.3) is 0 Å². The van der Waals surface area contributed by atoms with E-state index in [2.05, 4.69) is 5.32 Å². The Bertz CT molecular complexity index is 450.